The van der Waals surface area contributed by atoms with Gasteiger partial charge in [0.25, 0.3) is 0 Å². The molecule has 0 saturated carbocycles. The molecule has 3 rings (SSSR count). The van der Waals surface area contributed by atoms with Crippen LogP contribution >= 0.6 is 11.3 Å². The molecule has 3 aromatic heterocycles. The van der Waals surface area contributed by atoms with Gasteiger partial charge in [-0.2, -0.15) is 5.10 Å². The van der Waals surface area contributed by atoms with Gasteiger partial charge in [0.15, 0.2) is 0 Å². The second-order valence-electron chi connectivity index (χ2n) is 4.40. The summed E-state index contributed by atoms with van der Waals surface area (Å²) in [6.07, 6.45) is 6.23. The summed E-state index contributed by atoms with van der Waals surface area (Å²) in [7, 11) is 1.91. The molecule has 0 aliphatic rings. The van der Waals surface area contributed by atoms with Crippen LogP contribution in [-0.2, 0) is 13.5 Å². The summed E-state index contributed by atoms with van der Waals surface area (Å²) in [6, 6.07) is 0. The molecule has 0 radical (unpaired) electrons. The zero-order valence-corrected chi connectivity index (χ0v) is 11.6. The minimum absolute atomic E-state index is 0.592. The highest BCUT2D eigenvalue weighted by Crippen LogP contribution is 2.29. The normalized spacial score (nSPS) is 11.1. The molecule has 19 heavy (non-hydrogen) atoms. The smallest absolute Gasteiger partial charge is 0.234 e. The SMILES string of the molecule is Cc1csc2c(OCCc3cnn(C)c3)ncnc12. The molecular weight excluding hydrogens is 260 g/mol. The van der Waals surface area contributed by atoms with Crippen molar-refractivity contribution in [1.82, 2.24) is 19.7 Å². The molecule has 0 amide bonds. The fourth-order valence-electron chi connectivity index (χ4n) is 1.92. The quantitative estimate of drug-likeness (QED) is 0.733. The molecule has 3 heterocycles. The first-order valence-electron chi connectivity index (χ1n) is 6.03. The van der Waals surface area contributed by atoms with Crippen LogP contribution in [-0.4, -0.2) is 26.4 Å². The van der Waals surface area contributed by atoms with E-state index < -0.39 is 0 Å². The topological polar surface area (TPSA) is 52.8 Å². The third kappa shape index (κ3) is 2.44. The molecule has 0 spiro atoms. The second-order valence-corrected chi connectivity index (χ2v) is 5.28. The fourth-order valence-corrected chi connectivity index (χ4v) is 2.86. The van der Waals surface area contributed by atoms with Crippen LogP contribution in [0.4, 0.5) is 0 Å². The first-order chi connectivity index (χ1) is 9.24. The first-order valence-corrected chi connectivity index (χ1v) is 6.91. The minimum atomic E-state index is 0.592. The van der Waals surface area contributed by atoms with Crippen LogP contribution in [0.1, 0.15) is 11.1 Å². The average molecular weight is 274 g/mol. The van der Waals surface area contributed by atoms with Crippen molar-refractivity contribution in [3.05, 3.63) is 35.2 Å². The van der Waals surface area contributed by atoms with Crippen molar-refractivity contribution >= 4 is 21.6 Å². The van der Waals surface area contributed by atoms with Crippen molar-refractivity contribution in [3.8, 4) is 5.88 Å². The van der Waals surface area contributed by atoms with Crippen molar-refractivity contribution < 1.29 is 4.74 Å². The maximum atomic E-state index is 5.77. The number of nitrogens with zero attached hydrogens (tertiary/aromatic N) is 4. The van der Waals surface area contributed by atoms with E-state index in [2.05, 4.69) is 20.4 Å². The van der Waals surface area contributed by atoms with E-state index in [4.69, 9.17) is 4.74 Å². The van der Waals surface area contributed by atoms with Gasteiger partial charge in [-0.25, -0.2) is 9.97 Å². The summed E-state index contributed by atoms with van der Waals surface area (Å²) in [6.45, 7) is 2.64. The molecule has 0 saturated heterocycles. The standard InChI is InChI=1S/C13H14N4OS/c1-9-7-19-12-11(9)14-8-15-13(12)18-4-3-10-5-16-17(2)6-10/h5-8H,3-4H2,1-2H3. The Morgan fingerprint density at radius 3 is 3.05 bits per heavy atom. The molecule has 0 aromatic carbocycles. The average Bonchev–Trinajstić information content (AvgIpc) is 2.98. The lowest BCUT2D eigenvalue weighted by Crippen LogP contribution is -2.02. The molecule has 0 unspecified atom stereocenters. The maximum Gasteiger partial charge on any atom is 0.234 e. The van der Waals surface area contributed by atoms with Gasteiger partial charge in [-0.3, -0.25) is 4.68 Å². The number of hydrogen-bond acceptors (Lipinski definition) is 5. The van der Waals surface area contributed by atoms with Gasteiger partial charge in [-0.05, 0) is 23.4 Å². The van der Waals surface area contributed by atoms with Gasteiger partial charge < -0.3 is 4.74 Å². The lowest BCUT2D eigenvalue weighted by Gasteiger charge is -2.04. The number of aryl methyl sites for hydroxylation is 2. The zero-order chi connectivity index (χ0) is 13.2. The number of fused-ring (bicyclic) bond motifs is 1. The molecule has 0 atom stereocenters. The van der Waals surface area contributed by atoms with E-state index in [1.165, 1.54) is 5.56 Å². The van der Waals surface area contributed by atoms with Crippen LogP contribution in [0.25, 0.3) is 10.2 Å². The molecular formula is C13H14N4OS. The van der Waals surface area contributed by atoms with E-state index in [0.29, 0.717) is 12.5 Å². The summed E-state index contributed by atoms with van der Waals surface area (Å²) < 4.78 is 8.58. The van der Waals surface area contributed by atoms with Gasteiger partial charge in [-0.15, -0.1) is 11.3 Å². The third-order valence-corrected chi connectivity index (χ3v) is 3.96. The summed E-state index contributed by atoms with van der Waals surface area (Å²) in [5.41, 5.74) is 3.31. The van der Waals surface area contributed by atoms with E-state index in [-0.39, 0.29) is 0 Å². The summed E-state index contributed by atoms with van der Waals surface area (Å²) in [4.78, 5) is 8.49. The van der Waals surface area contributed by atoms with Gasteiger partial charge in [0, 0.05) is 19.7 Å². The van der Waals surface area contributed by atoms with Crippen LogP contribution in [0.5, 0.6) is 5.88 Å². The predicted molar refractivity (Wildman–Crippen MR) is 74.6 cm³/mol. The zero-order valence-electron chi connectivity index (χ0n) is 10.8. The summed E-state index contributed by atoms with van der Waals surface area (Å²) in [5.74, 6) is 0.673. The number of thiophene rings is 1. The summed E-state index contributed by atoms with van der Waals surface area (Å²) >= 11 is 1.62. The van der Waals surface area contributed by atoms with E-state index in [0.717, 1.165) is 22.2 Å². The monoisotopic (exact) mass is 274 g/mol. The lowest BCUT2D eigenvalue weighted by atomic mass is 10.3. The van der Waals surface area contributed by atoms with Gasteiger partial charge in [0.1, 0.15) is 11.0 Å². The van der Waals surface area contributed by atoms with Crippen LogP contribution in [0.3, 0.4) is 0 Å². The minimum Gasteiger partial charge on any atom is -0.476 e. The van der Waals surface area contributed by atoms with Crippen LogP contribution in [0.15, 0.2) is 24.1 Å². The number of aromatic nitrogens is 4. The Bertz CT molecular complexity index is 704. The predicted octanol–water partition coefficient (Wildman–Crippen LogP) is 2.35. The molecule has 6 heteroatoms. The Morgan fingerprint density at radius 2 is 2.26 bits per heavy atom. The van der Waals surface area contributed by atoms with Crippen LogP contribution in [0.2, 0.25) is 0 Å². The fraction of sp³-hybridized carbons (Fsp3) is 0.308. The van der Waals surface area contributed by atoms with Crippen LogP contribution < -0.4 is 4.74 Å². The molecule has 3 aromatic rings. The Hall–Kier alpha value is -1.95. The van der Waals surface area contributed by atoms with Crippen LogP contribution in [0, 0.1) is 6.92 Å². The van der Waals surface area contributed by atoms with E-state index in [1.54, 1.807) is 22.3 Å². The second kappa shape index (κ2) is 4.97. The third-order valence-electron chi connectivity index (χ3n) is 2.89. The first kappa shape index (κ1) is 12.1. The van der Waals surface area contributed by atoms with Crippen molar-refractivity contribution in [1.29, 1.82) is 0 Å². The van der Waals surface area contributed by atoms with E-state index >= 15 is 0 Å². The van der Waals surface area contributed by atoms with Gasteiger partial charge in [-0.1, -0.05) is 0 Å². The van der Waals surface area contributed by atoms with Crippen molar-refractivity contribution in [2.75, 3.05) is 6.61 Å². The lowest BCUT2D eigenvalue weighted by molar-refractivity contribution is 0.314. The van der Waals surface area contributed by atoms with Gasteiger partial charge in [0.2, 0.25) is 5.88 Å². The highest BCUT2D eigenvalue weighted by atomic mass is 32.1. The molecule has 0 bridgehead atoms. The van der Waals surface area contributed by atoms with Crippen molar-refractivity contribution in [3.63, 3.8) is 0 Å². The van der Waals surface area contributed by atoms with Gasteiger partial charge in [0.05, 0.1) is 18.3 Å². The maximum absolute atomic E-state index is 5.77. The number of rotatable bonds is 4. The Balaban J connectivity index is 1.71. The Morgan fingerprint density at radius 1 is 1.37 bits per heavy atom. The largest absolute Gasteiger partial charge is 0.476 e. The number of hydrogen-bond donors (Lipinski definition) is 0. The number of ether oxygens (including phenoxy) is 1. The summed E-state index contributed by atoms with van der Waals surface area (Å²) in [5, 5.41) is 6.21. The van der Waals surface area contributed by atoms with Gasteiger partial charge >= 0.3 is 0 Å². The molecule has 0 aliphatic heterocycles. The molecule has 0 aliphatic carbocycles. The molecule has 5 nitrogen and oxygen atoms in total. The van der Waals surface area contributed by atoms with Crippen molar-refractivity contribution in [2.24, 2.45) is 7.05 Å². The molecule has 0 N–H and O–H groups in total. The van der Waals surface area contributed by atoms with Crippen molar-refractivity contribution in [2.45, 2.75) is 13.3 Å². The van der Waals surface area contributed by atoms with E-state index in [1.807, 2.05) is 26.4 Å². The highest BCUT2D eigenvalue weighted by molar-refractivity contribution is 7.17. The molecule has 0 fully saturated rings. The highest BCUT2D eigenvalue weighted by Gasteiger charge is 2.09. The molecule has 98 valence electrons. The van der Waals surface area contributed by atoms with E-state index in [9.17, 15) is 0 Å². The Labute approximate surface area is 114 Å². The Kier molecular flexibility index (Phi) is 3.16.